The fourth-order valence-corrected chi connectivity index (χ4v) is 2.70. The first kappa shape index (κ1) is 15.3. The van der Waals surface area contributed by atoms with Crippen molar-refractivity contribution in [2.45, 2.75) is 32.2 Å². The molecule has 114 valence electrons. The fraction of sp³-hybridized carbons (Fsp3) is 0.467. The molecule has 1 aromatic carbocycles. The third-order valence-electron chi connectivity index (χ3n) is 4.17. The summed E-state index contributed by atoms with van der Waals surface area (Å²) in [5, 5.41) is 12.0. The SMILES string of the molecule is COc1ccc(C(=O)NC2CCCC2(C)C(=O)O)cc1F. The van der Waals surface area contributed by atoms with Gasteiger partial charge in [0.1, 0.15) is 0 Å². The molecule has 0 saturated heterocycles. The van der Waals surface area contributed by atoms with Crippen LogP contribution in [0.3, 0.4) is 0 Å². The van der Waals surface area contributed by atoms with Crippen molar-refractivity contribution in [3.8, 4) is 5.75 Å². The highest BCUT2D eigenvalue weighted by atomic mass is 19.1. The van der Waals surface area contributed by atoms with Crippen LogP contribution in [0.15, 0.2) is 18.2 Å². The van der Waals surface area contributed by atoms with Gasteiger partial charge in [0.15, 0.2) is 11.6 Å². The topological polar surface area (TPSA) is 75.6 Å². The van der Waals surface area contributed by atoms with Crippen LogP contribution in [0.25, 0.3) is 0 Å². The number of carbonyl (C=O) groups excluding carboxylic acids is 1. The number of carbonyl (C=O) groups is 2. The number of aliphatic carboxylic acids is 1. The van der Waals surface area contributed by atoms with Crippen molar-refractivity contribution < 1.29 is 23.8 Å². The number of hydrogen-bond acceptors (Lipinski definition) is 3. The maximum Gasteiger partial charge on any atom is 0.311 e. The summed E-state index contributed by atoms with van der Waals surface area (Å²) in [5.41, 5.74) is -0.825. The zero-order valence-electron chi connectivity index (χ0n) is 12.0. The van der Waals surface area contributed by atoms with Gasteiger partial charge in [0.2, 0.25) is 0 Å². The first-order chi connectivity index (χ1) is 9.88. The minimum absolute atomic E-state index is 0.0581. The second kappa shape index (κ2) is 5.71. The normalized spacial score (nSPS) is 24.6. The lowest BCUT2D eigenvalue weighted by atomic mass is 9.85. The van der Waals surface area contributed by atoms with E-state index in [1.54, 1.807) is 6.92 Å². The molecular weight excluding hydrogens is 277 g/mol. The number of halogens is 1. The number of ether oxygens (including phenoxy) is 1. The molecule has 0 heterocycles. The maximum atomic E-state index is 13.6. The Hall–Kier alpha value is -2.11. The van der Waals surface area contributed by atoms with Gasteiger partial charge in [-0.2, -0.15) is 0 Å². The van der Waals surface area contributed by atoms with Crippen LogP contribution >= 0.6 is 0 Å². The van der Waals surface area contributed by atoms with E-state index in [9.17, 15) is 19.1 Å². The standard InChI is InChI=1S/C15H18FNO4/c1-15(14(19)20)7-3-4-12(15)17-13(18)9-5-6-11(21-2)10(16)8-9/h5-6,8,12H,3-4,7H2,1-2H3,(H,17,18)(H,19,20). The second-order valence-electron chi connectivity index (χ2n) is 5.49. The summed E-state index contributed by atoms with van der Waals surface area (Å²) in [6.07, 6.45) is 1.86. The summed E-state index contributed by atoms with van der Waals surface area (Å²) in [6, 6.07) is 3.45. The number of rotatable bonds is 4. The van der Waals surface area contributed by atoms with E-state index in [0.29, 0.717) is 12.8 Å². The van der Waals surface area contributed by atoms with E-state index >= 15 is 0 Å². The molecule has 6 heteroatoms. The maximum absolute atomic E-state index is 13.6. The van der Waals surface area contributed by atoms with Crippen LogP contribution in [0, 0.1) is 11.2 Å². The number of amides is 1. The van der Waals surface area contributed by atoms with Crippen LogP contribution in [0.4, 0.5) is 4.39 Å². The van der Waals surface area contributed by atoms with Gasteiger partial charge in [-0.3, -0.25) is 9.59 Å². The Morgan fingerprint density at radius 1 is 1.48 bits per heavy atom. The molecule has 2 atom stereocenters. The van der Waals surface area contributed by atoms with Crippen molar-refractivity contribution in [1.29, 1.82) is 0 Å². The predicted octanol–water partition coefficient (Wildman–Crippen LogP) is 2.21. The van der Waals surface area contributed by atoms with Gasteiger partial charge in [-0.25, -0.2) is 4.39 Å². The quantitative estimate of drug-likeness (QED) is 0.893. The van der Waals surface area contributed by atoms with Gasteiger partial charge >= 0.3 is 5.97 Å². The van der Waals surface area contributed by atoms with Gasteiger partial charge in [-0.05, 0) is 38.0 Å². The molecule has 1 amide bonds. The monoisotopic (exact) mass is 295 g/mol. The Labute approximate surface area is 122 Å². The largest absolute Gasteiger partial charge is 0.494 e. The smallest absolute Gasteiger partial charge is 0.311 e. The second-order valence-corrected chi connectivity index (χ2v) is 5.49. The van der Waals surface area contributed by atoms with Crippen molar-refractivity contribution in [2.24, 2.45) is 5.41 Å². The van der Waals surface area contributed by atoms with E-state index < -0.39 is 29.2 Å². The molecular formula is C15H18FNO4. The van der Waals surface area contributed by atoms with E-state index in [1.807, 2.05) is 0 Å². The van der Waals surface area contributed by atoms with Gasteiger partial charge in [0.25, 0.3) is 5.91 Å². The van der Waals surface area contributed by atoms with Crippen molar-refractivity contribution >= 4 is 11.9 Å². The summed E-state index contributed by atoms with van der Waals surface area (Å²) in [7, 11) is 1.34. The van der Waals surface area contributed by atoms with Crippen LogP contribution < -0.4 is 10.1 Å². The zero-order valence-corrected chi connectivity index (χ0v) is 12.0. The predicted molar refractivity (Wildman–Crippen MR) is 73.8 cm³/mol. The van der Waals surface area contributed by atoms with Crippen LogP contribution in [-0.2, 0) is 4.79 Å². The molecule has 1 aliphatic carbocycles. The van der Waals surface area contributed by atoms with E-state index in [0.717, 1.165) is 12.5 Å². The lowest BCUT2D eigenvalue weighted by molar-refractivity contribution is -0.148. The molecule has 2 unspecified atom stereocenters. The van der Waals surface area contributed by atoms with Crippen molar-refractivity contribution in [3.05, 3.63) is 29.6 Å². The minimum Gasteiger partial charge on any atom is -0.494 e. The molecule has 2 rings (SSSR count). The molecule has 21 heavy (non-hydrogen) atoms. The van der Waals surface area contributed by atoms with Gasteiger partial charge in [0.05, 0.1) is 12.5 Å². The summed E-state index contributed by atoms with van der Waals surface area (Å²) in [5.74, 6) is -1.97. The first-order valence-electron chi connectivity index (χ1n) is 6.76. The van der Waals surface area contributed by atoms with E-state index in [-0.39, 0.29) is 11.3 Å². The van der Waals surface area contributed by atoms with Gasteiger partial charge in [-0.15, -0.1) is 0 Å². The highest BCUT2D eigenvalue weighted by Gasteiger charge is 2.45. The molecule has 0 radical (unpaired) electrons. The molecule has 0 aliphatic heterocycles. The molecule has 1 aliphatic rings. The molecule has 0 spiro atoms. The molecule has 1 aromatic rings. The molecule has 1 fully saturated rings. The number of methoxy groups -OCH3 is 1. The van der Waals surface area contributed by atoms with Gasteiger partial charge < -0.3 is 15.2 Å². The summed E-state index contributed by atoms with van der Waals surface area (Å²) in [6.45, 7) is 1.63. The number of benzene rings is 1. The van der Waals surface area contributed by atoms with E-state index in [2.05, 4.69) is 5.32 Å². The van der Waals surface area contributed by atoms with Crippen molar-refractivity contribution in [3.63, 3.8) is 0 Å². The number of nitrogens with one attached hydrogen (secondary N) is 1. The minimum atomic E-state index is -0.972. The van der Waals surface area contributed by atoms with Crippen molar-refractivity contribution in [2.75, 3.05) is 7.11 Å². The van der Waals surface area contributed by atoms with E-state index in [1.165, 1.54) is 19.2 Å². The molecule has 0 aromatic heterocycles. The molecule has 0 bridgehead atoms. The van der Waals surface area contributed by atoms with Gasteiger partial charge in [-0.1, -0.05) is 6.42 Å². The van der Waals surface area contributed by atoms with E-state index in [4.69, 9.17) is 4.74 Å². The number of carboxylic acid groups (broad SMARTS) is 1. The number of hydrogen-bond donors (Lipinski definition) is 2. The van der Waals surface area contributed by atoms with Crippen LogP contribution in [-0.4, -0.2) is 30.1 Å². The summed E-state index contributed by atoms with van der Waals surface area (Å²) < 4.78 is 18.4. The summed E-state index contributed by atoms with van der Waals surface area (Å²) in [4.78, 5) is 23.5. The molecule has 5 nitrogen and oxygen atoms in total. The van der Waals surface area contributed by atoms with Crippen LogP contribution in [0.1, 0.15) is 36.5 Å². The highest BCUT2D eigenvalue weighted by molar-refractivity contribution is 5.95. The molecule has 2 N–H and O–H groups in total. The Balaban J connectivity index is 2.15. The highest BCUT2D eigenvalue weighted by Crippen LogP contribution is 2.38. The third-order valence-corrected chi connectivity index (χ3v) is 4.17. The molecule has 1 saturated carbocycles. The third kappa shape index (κ3) is 2.84. The first-order valence-corrected chi connectivity index (χ1v) is 6.76. The van der Waals surface area contributed by atoms with Crippen LogP contribution in [0.2, 0.25) is 0 Å². The van der Waals surface area contributed by atoms with Crippen molar-refractivity contribution in [1.82, 2.24) is 5.32 Å². The Kier molecular flexibility index (Phi) is 4.16. The average molecular weight is 295 g/mol. The zero-order chi connectivity index (χ0) is 15.6. The fourth-order valence-electron chi connectivity index (χ4n) is 2.70. The Morgan fingerprint density at radius 2 is 2.19 bits per heavy atom. The lowest BCUT2D eigenvalue weighted by Crippen LogP contribution is -2.47. The lowest BCUT2D eigenvalue weighted by Gasteiger charge is -2.27. The number of carboxylic acids is 1. The van der Waals surface area contributed by atoms with Gasteiger partial charge in [0, 0.05) is 11.6 Å². The Bertz CT molecular complexity index is 575. The summed E-state index contributed by atoms with van der Waals surface area (Å²) >= 11 is 0. The Morgan fingerprint density at radius 3 is 2.76 bits per heavy atom. The van der Waals surface area contributed by atoms with Crippen LogP contribution in [0.5, 0.6) is 5.75 Å². The average Bonchev–Trinajstić information content (AvgIpc) is 2.81.